The zero-order valence-corrected chi connectivity index (χ0v) is 14.0. The molecule has 2 N–H and O–H groups in total. The molecular formula is C17H17BrFN3O. The number of nitrogens with zero attached hydrogens (tertiary/aromatic N) is 2. The molecular weight excluding hydrogens is 361 g/mol. The maximum absolute atomic E-state index is 13.4. The number of amides is 2. The molecule has 0 aromatic heterocycles. The van der Waals surface area contributed by atoms with Crippen LogP contribution >= 0.6 is 15.9 Å². The van der Waals surface area contributed by atoms with Crippen molar-refractivity contribution in [1.29, 1.82) is 0 Å². The van der Waals surface area contributed by atoms with E-state index in [1.54, 1.807) is 11.0 Å². The smallest absolute Gasteiger partial charge is 0.319 e. The van der Waals surface area contributed by atoms with Gasteiger partial charge in [0.25, 0.3) is 0 Å². The number of rotatable bonds is 3. The summed E-state index contributed by atoms with van der Waals surface area (Å²) in [5.74, 6) is -0.261. The van der Waals surface area contributed by atoms with Crippen molar-refractivity contribution >= 4 is 33.3 Å². The van der Waals surface area contributed by atoms with E-state index in [0.717, 1.165) is 28.8 Å². The normalized spacial score (nSPS) is 17.3. The molecule has 0 aliphatic carbocycles. The number of primary amides is 1. The zero-order chi connectivity index (χ0) is 16.4. The molecule has 0 spiro atoms. The Kier molecular flexibility index (Phi) is 4.52. The molecule has 1 fully saturated rings. The molecule has 1 saturated heterocycles. The molecule has 4 nitrogen and oxygen atoms in total. The number of anilines is 2. The highest BCUT2D eigenvalue weighted by Crippen LogP contribution is 2.31. The Morgan fingerprint density at radius 2 is 2.04 bits per heavy atom. The molecule has 0 bridgehead atoms. The van der Waals surface area contributed by atoms with Crippen molar-refractivity contribution in [2.24, 2.45) is 5.73 Å². The lowest BCUT2D eigenvalue weighted by molar-refractivity contribution is 0.252. The first-order chi connectivity index (χ1) is 11.1. The largest absolute Gasteiger partial charge is 0.369 e. The Labute approximate surface area is 142 Å². The SMILES string of the molecule is NC(=O)N(c1ccccc1Br)[C@@H]1CCN(c2cccc(F)c2)C1. The van der Waals surface area contributed by atoms with Gasteiger partial charge in [0.15, 0.2) is 0 Å². The zero-order valence-electron chi connectivity index (χ0n) is 12.5. The molecule has 0 radical (unpaired) electrons. The first-order valence-corrected chi connectivity index (χ1v) is 8.19. The van der Waals surface area contributed by atoms with Crippen molar-refractivity contribution in [2.45, 2.75) is 12.5 Å². The number of nitrogens with two attached hydrogens (primary N) is 1. The second-order valence-electron chi connectivity index (χ2n) is 5.53. The van der Waals surface area contributed by atoms with Crippen LogP contribution in [-0.2, 0) is 0 Å². The molecule has 1 aliphatic heterocycles. The van der Waals surface area contributed by atoms with Crippen LogP contribution in [0.25, 0.3) is 0 Å². The molecule has 2 amide bonds. The number of carbonyl (C=O) groups excluding carboxylic acids is 1. The van der Waals surface area contributed by atoms with Gasteiger partial charge in [-0.15, -0.1) is 0 Å². The van der Waals surface area contributed by atoms with Crippen LogP contribution in [0.15, 0.2) is 53.0 Å². The predicted octanol–water partition coefficient (Wildman–Crippen LogP) is 3.75. The van der Waals surface area contributed by atoms with Crippen molar-refractivity contribution in [3.8, 4) is 0 Å². The Morgan fingerprint density at radius 3 is 2.74 bits per heavy atom. The third kappa shape index (κ3) is 3.32. The van der Waals surface area contributed by atoms with Gasteiger partial charge in [-0.3, -0.25) is 4.90 Å². The molecule has 2 aromatic rings. The van der Waals surface area contributed by atoms with E-state index in [-0.39, 0.29) is 11.9 Å². The van der Waals surface area contributed by atoms with E-state index < -0.39 is 6.03 Å². The van der Waals surface area contributed by atoms with Gasteiger partial charge in [0.05, 0.1) is 11.7 Å². The minimum Gasteiger partial charge on any atom is -0.369 e. The number of urea groups is 1. The van der Waals surface area contributed by atoms with Crippen LogP contribution in [0, 0.1) is 5.82 Å². The van der Waals surface area contributed by atoms with E-state index in [0.29, 0.717) is 6.54 Å². The fourth-order valence-electron chi connectivity index (χ4n) is 3.00. The molecule has 1 atom stereocenters. The summed E-state index contributed by atoms with van der Waals surface area (Å²) in [6.07, 6.45) is 0.779. The minimum atomic E-state index is -0.483. The first-order valence-electron chi connectivity index (χ1n) is 7.40. The van der Waals surface area contributed by atoms with E-state index in [2.05, 4.69) is 20.8 Å². The molecule has 2 aromatic carbocycles. The Balaban J connectivity index is 1.83. The molecule has 3 rings (SSSR count). The van der Waals surface area contributed by atoms with Gasteiger partial charge in [-0.2, -0.15) is 0 Å². The van der Waals surface area contributed by atoms with Crippen LogP contribution in [0.5, 0.6) is 0 Å². The van der Waals surface area contributed by atoms with Crippen molar-refractivity contribution in [3.05, 3.63) is 58.8 Å². The molecule has 6 heteroatoms. The van der Waals surface area contributed by atoms with Crippen LogP contribution in [0.2, 0.25) is 0 Å². The van der Waals surface area contributed by atoms with Gasteiger partial charge < -0.3 is 10.6 Å². The summed E-state index contributed by atoms with van der Waals surface area (Å²) >= 11 is 3.47. The lowest BCUT2D eigenvalue weighted by Gasteiger charge is -2.28. The monoisotopic (exact) mass is 377 g/mol. The molecule has 0 unspecified atom stereocenters. The molecule has 120 valence electrons. The topological polar surface area (TPSA) is 49.6 Å². The van der Waals surface area contributed by atoms with Crippen LogP contribution in [0.4, 0.5) is 20.6 Å². The Bertz CT molecular complexity index is 724. The number of carbonyl (C=O) groups is 1. The summed E-state index contributed by atoms with van der Waals surface area (Å²) in [5.41, 5.74) is 7.19. The quantitative estimate of drug-likeness (QED) is 0.885. The van der Waals surface area contributed by atoms with E-state index in [1.807, 2.05) is 30.3 Å². The fraction of sp³-hybridized carbons (Fsp3) is 0.235. The van der Waals surface area contributed by atoms with Gasteiger partial charge in [0.1, 0.15) is 5.82 Å². The van der Waals surface area contributed by atoms with Gasteiger partial charge in [-0.1, -0.05) is 18.2 Å². The Hall–Kier alpha value is -2.08. The van der Waals surface area contributed by atoms with Gasteiger partial charge in [0.2, 0.25) is 0 Å². The van der Waals surface area contributed by atoms with E-state index in [9.17, 15) is 9.18 Å². The average Bonchev–Trinajstić information content (AvgIpc) is 2.99. The predicted molar refractivity (Wildman–Crippen MR) is 93.2 cm³/mol. The molecule has 0 saturated carbocycles. The summed E-state index contributed by atoms with van der Waals surface area (Å²) < 4.78 is 14.2. The summed E-state index contributed by atoms with van der Waals surface area (Å²) in [7, 11) is 0. The first kappa shape index (κ1) is 15.8. The maximum Gasteiger partial charge on any atom is 0.319 e. The fourth-order valence-corrected chi connectivity index (χ4v) is 3.48. The summed E-state index contributed by atoms with van der Waals surface area (Å²) in [4.78, 5) is 15.7. The molecule has 23 heavy (non-hydrogen) atoms. The summed E-state index contributed by atoms with van der Waals surface area (Å²) in [6.45, 7) is 1.37. The maximum atomic E-state index is 13.4. The number of hydrogen-bond donors (Lipinski definition) is 1. The highest BCUT2D eigenvalue weighted by atomic mass is 79.9. The van der Waals surface area contributed by atoms with E-state index >= 15 is 0 Å². The second kappa shape index (κ2) is 6.58. The van der Waals surface area contributed by atoms with E-state index in [4.69, 9.17) is 5.73 Å². The lowest BCUT2D eigenvalue weighted by Crippen LogP contribution is -2.45. The van der Waals surface area contributed by atoms with Gasteiger partial charge >= 0.3 is 6.03 Å². The van der Waals surface area contributed by atoms with E-state index in [1.165, 1.54) is 12.1 Å². The highest BCUT2D eigenvalue weighted by Gasteiger charge is 2.31. The van der Waals surface area contributed by atoms with Crippen LogP contribution < -0.4 is 15.5 Å². The Morgan fingerprint density at radius 1 is 1.26 bits per heavy atom. The number of benzene rings is 2. The van der Waals surface area contributed by atoms with Crippen LogP contribution in [0.3, 0.4) is 0 Å². The lowest BCUT2D eigenvalue weighted by atomic mass is 10.2. The van der Waals surface area contributed by atoms with Gasteiger partial charge in [-0.05, 0) is 52.7 Å². The van der Waals surface area contributed by atoms with Crippen molar-refractivity contribution < 1.29 is 9.18 Å². The third-order valence-corrected chi connectivity index (χ3v) is 4.72. The van der Waals surface area contributed by atoms with Crippen LogP contribution in [0.1, 0.15) is 6.42 Å². The van der Waals surface area contributed by atoms with Gasteiger partial charge in [0, 0.05) is 23.2 Å². The van der Waals surface area contributed by atoms with Crippen molar-refractivity contribution in [3.63, 3.8) is 0 Å². The summed E-state index contributed by atoms with van der Waals surface area (Å²) in [6, 6.07) is 13.5. The minimum absolute atomic E-state index is 0.0468. The number of halogens is 2. The summed E-state index contributed by atoms with van der Waals surface area (Å²) in [5, 5.41) is 0. The average molecular weight is 378 g/mol. The van der Waals surface area contributed by atoms with Gasteiger partial charge in [-0.25, -0.2) is 9.18 Å². The second-order valence-corrected chi connectivity index (χ2v) is 6.38. The molecule has 1 heterocycles. The number of hydrogen-bond acceptors (Lipinski definition) is 2. The van der Waals surface area contributed by atoms with Crippen molar-refractivity contribution in [1.82, 2.24) is 0 Å². The highest BCUT2D eigenvalue weighted by molar-refractivity contribution is 9.10. The standard InChI is InChI=1S/C17H17BrFN3O/c18-15-6-1-2-7-16(15)22(17(20)23)14-8-9-21(11-14)13-5-3-4-12(19)10-13/h1-7,10,14H,8-9,11H2,(H2,20,23)/t14-/m1/s1. The van der Waals surface area contributed by atoms with Crippen LogP contribution in [-0.4, -0.2) is 25.2 Å². The third-order valence-electron chi connectivity index (χ3n) is 4.05. The molecule has 1 aliphatic rings. The number of para-hydroxylation sites is 1. The van der Waals surface area contributed by atoms with Crippen molar-refractivity contribution in [2.75, 3.05) is 22.9 Å².